The first kappa shape index (κ1) is 36.0. The fourth-order valence-electron chi connectivity index (χ4n) is 7.18. The molecule has 2 aliphatic carbocycles. The summed E-state index contributed by atoms with van der Waals surface area (Å²) in [5.74, 6) is -1.01. The van der Waals surface area contributed by atoms with Crippen LogP contribution in [-0.4, -0.2) is 42.5 Å². The van der Waals surface area contributed by atoms with Crippen molar-refractivity contribution in [3.8, 4) is 28.4 Å². The number of alkyl halides is 3. The number of benzene rings is 4. The van der Waals surface area contributed by atoms with Gasteiger partial charge in [0.25, 0.3) is 0 Å². The van der Waals surface area contributed by atoms with Crippen LogP contribution >= 0.6 is 0 Å². The number of phenols is 1. The molecule has 4 aromatic rings. The van der Waals surface area contributed by atoms with Crippen molar-refractivity contribution in [2.45, 2.75) is 77.5 Å². The summed E-state index contributed by atoms with van der Waals surface area (Å²) in [6.45, 7) is 7.71. The monoisotopic (exact) mass is 700 g/mol. The standard InChI is InChI=1S/C41H43F3N2O5/c1-4-21-45-31-17-18-32(46-22-5-2)36-35(31)39(48)37-33(47)19-20-34(38(37)40(36)49)51-28-14-9-25(10-15-28)29-16-11-26(23-30(29)41(42,43)44)24-7-12-27(13-8-24)50-6-3/h9-11,14-20,23-24,27,45-47H,4-8,12-13,21-22H2,1-3H3. The minimum atomic E-state index is -4.56. The first-order chi connectivity index (χ1) is 24.5. The third-order valence-electron chi connectivity index (χ3n) is 9.68. The summed E-state index contributed by atoms with van der Waals surface area (Å²) in [6.07, 6.45) is 0.401. The van der Waals surface area contributed by atoms with E-state index in [1.54, 1.807) is 30.3 Å². The Hall–Kier alpha value is -4.83. The van der Waals surface area contributed by atoms with Crippen molar-refractivity contribution < 1.29 is 37.3 Å². The zero-order valence-corrected chi connectivity index (χ0v) is 29.1. The van der Waals surface area contributed by atoms with E-state index >= 15 is 0 Å². The van der Waals surface area contributed by atoms with Gasteiger partial charge in [0, 0.05) is 31.1 Å². The van der Waals surface area contributed by atoms with Crippen molar-refractivity contribution in [3.05, 3.63) is 100 Å². The number of nitrogens with one attached hydrogen (secondary N) is 2. The van der Waals surface area contributed by atoms with E-state index in [1.165, 1.54) is 36.4 Å². The van der Waals surface area contributed by atoms with E-state index in [4.69, 9.17) is 9.47 Å². The quantitative estimate of drug-likeness (QED) is 0.119. The van der Waals surface area contributed by atoms with Crippen molar-refractivity contribution in [2.75, 3.05) is 30.3 Å². The number of fused-ring (bicyclic) bond motifs is 2. The van der Waals surface area contributed by atoms with Crippen molar-refractivity contribution in [1.29, 1.82) is 0 Å². The molecule has 0 aromatic heterocycles. The largest absolute Gasteiger partial charge is 0.507 e. The van der Waals surface area contributed by atoms with Gasteiger partial charge in [0.15, 0.2) is 0 Å². The van der Waals surface area contributed by atoms with E-state index in [-0.39, 0.29) is 57.1 Å². The van der Waals surface area contributed by atoms with Gasteiger partial charge in [-0.15, -0.1) is 0 Å². The molecule has 10 heteroatoms. The van der Waals surface area contributed by atoms with Gasteiger partial charge in [-0.05, 0) is 111 Å². The fourth-order valence-corrected chi connectivity index (χ4v) is 7.18. The Morgan fingerprint density at radius 1 is 0.745 bits per heavy atom. The van der Waals surface area contributed by atoms with Crippen LogP contribution in [0.25, 0.3) is 11.1 Å². The first-order valence-corrected chi connectivity index (χ1v) is 17.8. The molecule has 0 bridgehead atoms. The predicted molar refractivity (Wildman–Crippen MR) is 193 cm³/mol. The highest BCUT2D eigenvalue weighted by Gasteiger charge is 2.39. The summed E-state index contributed by atoms with van der Waals surface area (Å²) in [5.41, 5.74) is 1.54. The smallest absolute Gasteiger partial charge is 0.417 e. The molecule has 0 spiro atoms. The Labute approximate surface area is 296 Å². The lowest BCUT2D eigenvalue weighted by Crippen LogP contribution is -2.25. The highest BCUT2D eigenvalue weighted by atomic mass is 19.4. The van der Waals surface area contributed by atoms with Gasteiger partial charge in [0.2, 0.25) is 11.6 Å². The molecule has 0 atom stereocenters. The molecule has 1 fully saturated rings. The maximum absolute atomic E-state index is 14.4. The van der Waals surface area contributed by atoms with Crippen molar-refractivity contribution >= 4 is 22.9 Å². The van der Waals surface area contributed by atoms with Crippen LogP contribution in [-0.2, 0) is 10.9 Å². The molecule has 1 saturated carbocycles. The lowest BCUT2D eigenvalue weighted by molar-refractivity contribution is -0.137. The van der Waals surface area contributed by atoms with E-state index in [9.17, 15) is 27.9 Å². The normalized spacial score (nSPS) is 17.1. The van der Waals surface area contributed by atoms with Gasteiger partial charge >= 0.3 is 6.18 Å². The highest BCUT2D eigenvalue weighted by Crippen LogP contribution is 2.45. The maximum atomic E-state index is 14.4. The average Bonchev–Trinajstić information content (AvgIpc) is 3.13. The number of ether oxygens (including phenoxy) is 2. The molecule has 3 N–H and O–H groups in total. The molecule has 0 aliphatic heterocycles. The predicted octanol–water partition coefficient (Wildman–Crippen LogP) is 10.4. The number of aromatic hydroxyl groups is 1. The van der Waals surface area contributed by atoms with E-state index in [0.717, 1.165) is 38.5 Å². The molecular weight excluding hydrogens is 657 g/mol. The van der Waals surface area contributed by atoms with Gasteiger partial charge < -0.3 is 25.2 Å². The van der Waals surface area contributed by atoms with Crippen LogP contribution in [0, 0.1) is 0 Å². The molecule has 268 valence electrons. The summed E-state index contributed by atoms with van der Waals surface area (Å²) in [6, 6.07) is 17.0. The van der Waals surface area contributed by atoms with Crippen LogP contribution in [0.2, 0.25) is 0 Å². The maximum Gasteiger partial charge on any atom is 0.417 e. The van der Waals surface area contributed by atoms with Crippen LogP contribution < -0.4 is 15.4 Å². The SMILES string of the molecule is CCCNc1ccc(NCCC)c2c1C(=O)c1c(O)ccc(Oc3ccc(-c4ccc(C5CCC(OCC)CC5)cc4C(F)(F)F)cc3)c1C2=O. The number of carbonyl (C=O) groups excluding carboxylic acids is 2. The zero-order valence-electron chi connectivity index (χ0n) is 29.1. The van der Waals surface area contributed by atoms with Crippen molar-refractivity contribution in [1.82, 2.24) is 0 Å². The van der Waals surface area contributed by atoms with Crippen LogP contribution in [0.1, 0.15) is 108 Å². The van der Waals surface area contributed by atoms with Crippen LogP contribution in [0.5, 0.6) is 17.2 Å². The second-order valence-electron chi connectivity index (χ2n) is 13.1. The molecule has 0 radical (unpaired) electrons. The topological polar surface area (TPSA) is 96.9 Å². The Morgan fingerprint density at radius 3 is 1.92 bits per heavy atom. The second kappa shape index (κ2) is 15.2. The van der Waals surface area contributed by atoms with Crippen molar-refractivity contribution in [2.24, 2.45) is 0 Å². The number of anilines is 2. The number of hydrogen-bond donors (Lipinski definition) is 3. The number of carbonyl (C=O) groups is 2. The lowest BCUT2D eigenvalue weighted by Gasteiger charge is -2.29. The zero-order chi connectivity index (χ0) is 36.3. The third kappa shape index (κ3) is 7.33. The van der Waals surface area contributed by atoms with Crippen LogP contribution in [0.4, 0.5) is 24.5 Å². The molecule has 0 heterocycles. The molecule has 0 saturated heterocycles. The molecule has 6 rings (SSSR count). The Balaban J connectivity index is 1.31. The molecule has 2 aliphatic rings. The van der Waals surface area contributed by atoms with Gasteiger partial charge in [-0.1, -0.05) is 38.1 Å². The molecule has 0 amide bonds. The summed E-state index contributed by atoms with van der Waals surface area (Å²) >= 11 is 0. The van der Waals surface area contributed by atoms with Gasteiger partial charge in [-0.25, -0.2) is 0 Å². The van der Waals surface area contributed by atoms with Gasteiger partial charge in [-0.2, -0.15) is 13.2 Å². The molecule has 4 aromatic carbocycles. The second-order valence-corrected chi connectivity index (χ2v) is 13.1. The lowest BCUT2D eigenvalue weighted by atomic mass is 9.81. The summed E-state index contributed by atoms with van der Waals surface area (Å²) in [5, 5.41) is 17.3. The minimum Gasteiger partial charge on any atom is -0.507 e. The Kier molecular flexibility index (Phi) is 10.7. The third-order valence-corrected chi connectivity index (χ3v) is 9.68. The number of phenolic OH excluding ortho intramolecular Hbond substituents is 1. The van der Waals surface area contributed by atoms with Crippen LogP contribution in [0.3, 0.4) is 0 Å². The highest BCUT2D eigenvalue weighted by molar-refractivity contribution is 6.33. The number of hydrogen-bond acceptors (Lipinski definition) is 7. The molecule has 0 unspecified atom stereocenters. The molecular formula is C41H43F3N2O5. The van der Waals surface area contributed by atoms with Gasteiger partial charge in [-0.3, -0.25) is 9.59 Å². The summed E-state index contributed by atoms with van der Waals surface area (Å²) in [4.78, 5) is 28.3. The number of halogens is 3. The van der Waals surface area contributed by atoms with Gasteiger partial charge in [0.05, 0.1) is 33.9 Å². The van der Waals surface area contributed by atoms with Crippen molar-refractivity contribution in [3.63, 3.8) is 0 Å². The fraction of sp³-hybridized carbons (Fsp3) is 0.366. The Bertz CT molecular complexity index is 1910. The van der Waals surface area contributed by atoms with E-state index < -0.39 is 23.3 Å². The van der Waals surface area contributed by atoms with Crippen LogP contribution in [0.15, 0.2) is 66.7 Å². The first-order valence-electron chi connectivity index (χ1n) is 17.8. The molecule has 51 heavy (non-hydrogen) atoms. The van der Waals surface area contributed by atoms with E-state index in [2.05, 4.69) is 10.6 Å². The number of rotatable bonds is 12. The van der Waals surface area contributed by atoms with E-state index in [1.807, 2.05) is 20.8 Å². The molecule has 7 nitrogen and oxygen atoms in total. The summed E-state index contributed by atoms with van der Waals surface area (Å²) in [7, 11) is 0. The van der Waals surface area contributed by atoms with E-state index in [0.29, 0.717) is 42.2 Å². The Morgan fingerprint density at radius 2 is 1.35 bits per heavy atom. The summed E-state index contributed by atoms with van der Waals surface area (Å²) < 4.78 is 55.1. The average molecular weight is 701 g/mol. The minimum absolute atomic E-state index is 0.0446. The van der Waals surface area contributed by atoms with Gasteiger partial charge in [0.1, 0.15) is 17.2 Å². The number of ketones is 2.